The van der Waals surface area contributed by atoms with Crippen LogP contribution in [0.2, 0.25) is 0 Å². The smallest absolute Gasteiger partial charge is 0.102 e. The Kier molecular flexibility index (Phi) is 5.37. The van der Waals surface area contributed by atoms with Gasteiger partial charge in [0, 0.05) is 13.1 Å². The molecular weight excluding hydrogens is 395 g/mol. The summed E-state index contributed by atoms with van der Waals surface area (Å²) in [6.07, 6.45) is 6.86. The summed E-state index contributed by atoms with van der Waals surface area (Å²) in [7, 11) is 0. The third-order valence-corrected chi connectivity index (χ3v) is 10.5. The second kappa shape index (κ2) is 8.46. The molecule has 2 aliphatic rings. The van der Waals surface area contributed by atoms with Crippen molar-refractivity contribution in [1.82, 2.24) is 4.90 Å². The zero-order chi connectivity index (χ0) is 21.1. The molecule has 2 nitrogen and oxygen atoms in total. The largest absolute Gasteiger partial charge is 0.370 e. The van der Waals surface area contributed by atoms with Gasteiger partial charge in [0.05, 0.1) is 11.0 Å². The van der Waals surface area contributed by atoms with E-state index in [1.165, 1.54) is 34.3 Å². The van der Waals surface area contributed by atoms with Gasteiger partial charge in [-0.3, -0.25) is 0 Å². The molecule has 3 heteroatoms. The van der Waals surface area contributed by atoms with Crippen LogP contribution in [-0.4, -0.2) is 23.3 Å². The Hall–Kier alpha value is -3.27. The van der Waals surface area contributed by atoms with Gasteiger partial charge >= 0.3 is 0 Å². The standard InChI is InChI=1S/C28H25N2P/c29-22-28-26(30-20-10-11-21-30)18-19-27(23-12-4-1-5-13-23)31(28,24-14-6-2-7-15-24)25-16-8-3-9-17-25/h1-9,12-19H,10-11,20-21H2. The number of hydrogen-bond donors (Lipinski definition) is 0. The Morgan fingerprint density at radius 3 is 1.71 bits per heavy atom. The fourth-order valence-corrected chi connectivity index (χ4v) is 9.27. The summed E-state index contributed by atoms with van der Waals surface area (Å²) < 4.78 is 0. The van der Waals surface area contributed by atoms with E-state index < -0.39 is 6.89 Å². The van der Waals surface area contributed by atoms with Crippen LogP contribution >= 0.6 is 6.89 Å². The highest BCUT2D eigenvalue weighted by Gasteiger charge is 2.37. The average molecular weight is 420 g/mol. The van der Waals surface area contributed by atoms with Crippen molar-refractivity contribution in [1.29, 1.82) is 5.26 Å². The molecule has 0 atom stereocenters. The maximum atomic E-state index is 10.7. The fraction of sp³-hybridized carbons (Fsp3) is 0.143. The Balaban J connectivity index is 1.94. The molecule has 0 radical (unpaired) electrons. The highest BCUT2D eigenvalue weighted by atomic mass is 31.2. The number of rotatable bonds is 4. The van der Waals surface area contributed by atoms with Crippen LogP contribution in [0.3, 0.4) is 0 Å². The van der Waals surface area contributed by atoms with Crippen LogP contribution in [0.4, 0.5) is 0 Å². The molecule has 1 fully saturated rings. The van der Waals surface area contributed by atoms with Crippen LogP contribution in [0.5, 0.6) is 0 Å². The molecule has 5 rings (SSSR count). The van der Waals surface area contributed by atoms with Gasteiger partial charge in [0.2, 0.25) is 0 Å². The number of hydrogen-bond acceptors (Lipinski definition) is 2. The lowest BCUT2D eigenvalue weighted by Gasteiger charge is -2.37. The molecule has 0 N–H and O–H groups in total. The van der Waals surface area contributed by atoms with E-state index >= 15 is 0 Å². The van der Waals surface area contributed by atoms with Crippen molar-refractivity contribution in [3.05, 3.63) is 114 Å². The van der Waals surface area contributed by atoms with Crippen molar-refractivity contribution in [2.45, 2.75) is 12.8 Å². The first-order valence-electron chi connectivity index (χ1n) is 10.9. The van der Waals surface area contributed by atoms with Crippen molar-refractivity contribution in [2.75, 3.05) is 13.1 Å². The van der Waals surface area contributed by atoms with E-state index in [1.54, 1.807) is 0 Å². The molecule has 0 saturated carbocycles. The fourth-order valence-electron chi connectivity index (χ4n) is 4.87. The van der Waals surface area contributed by atoms with E-state index in [1.807, 2.05) is 0 Å². The number of nitrogens with zero attached hydrogens (tertiary/aromatic N) is 2. The second-order valence-corrected chi connectivity index (χ2v) is 11.3. The molecule has 2 aliphatic heterocycles. The van der Waals surface area contributed by atoms with Gasteiger partial charge in [0.25, 0.3) is 0 Å². The van der Waals surface area contributed by atoms with Gasteiger partial charge < -0.3 is 4.90 Å². The third-order valence-electron chi connectivity index (χ3n) is 6.25. The van der Waals surface area contributed by atoms with Crippen molar-refractivity contribution in [3.63, 3.8) is 0 Å². The maximum Gasteiger partial charge on any atom is 0.102 e. The van der Waals surface area contributed by atoms with E-state index in [2.05, 4.69) is 114 Å². The predicted molar refractivity (Wildman–Crippen MR) is 133 cm³/mol. The summed E-state index contributed by atoms with van der Waals surface area (Å²) in [5.41, 5.74) is 2.30. The minimum Gasteiger partial charge on any atom is -0.370 e. The number of benzene rings is 3. The van der Waals surface area contributed by atoms with Gasteiger partial charge in [0.1, 0.15) is 6.07 Å². The van der Waals surface area contributed by atoms with E-state index in [0.717, 1.165) is 24.1 Å². The predicted octanol–water partition coefficient (Wildman–Crippen LogP) is 5.39. The molecule has 31 heavy (non-hydrogen) atoms. The van der Waals surface area contributed by atoms with Gasteiger partial charge in [0.15, 0.2) is 0 Å². The quantitative estimate of drug-likeness (QED) is 0.530. The first kappa shape index (κ1) is 19.7. The summed E-state index contributed by atoms with van der Waals surface area (Å²) in [5.74, 6) is 0. The van der Waals surface area contributed by atoms with Gasteiger partial charge in [-0.25, -0.2) is 0 Å². The zero-order valence-electron chi connectivity index (χ0n) is 17.5. The Morgan fingerprint density at radius 2 is 1.19 bits per heavy atom. The van der Waals surface area contributed by atoms with E-state index in [9.17, 15) is 5.26 Å². The summed E-state index contributed by atoms with van der Waals surface area (Å²) in [6, 6.07) is 34.7. The molecule has 3 aromatic carbocycles. The first-order valence-corrected chi connectivity index (χ1v) is 12.7. The molecule has 152 valence electrons. The van der Waals surface area contributed by atoms with Gasteiger partial charge in [-0.05, 0) is 47.3 Å². The zero-order valence-corrected chi connectivity index (χ0v) is 18.4. The molecule has 3 aromatic rings. The highest BCUT2D eigenvalue weighted by molar-refractivity contribution is 7.98. The van der Waals surface area contributed by atoms with Crippen molar-refractivity contribution < 1.29 is 0 Å². The summed E-state index contributed by atoms with van der Waals surface area (Å²) in [4.78, 5) is 2.41. The minimum absolute atomic E-state index is 0.924. The van der Waals surface area contributed by atoms with Crippen LogP contribution in [0.15, 0.2) is 109 Å². The number of allylic oxidation sites excluding steroid dienone is 3. The van der Waals surface area contributed by atoms with Crippen LogP contribution in [0, 0.1) is 11.3 Å². The van der Waals surface area contributed by atoms with Gasteiger partial charge in [-0.2, -0.15) is 5.26 Å². The lowest BCUT2D eigenvalue weighted by atomic mass is 10.2. The molecule has 0 aromatic heterocycles. The molecular formula is C28H25N2P. The average Bonchev–Trinajstić information content (AvgIpc) is 3.39. The minimum atomic E-state index is -2.34. The highest BCUT2D eigenvalue weighted by Crippen LogP contribution is 2.61. The summed E-state index contributed by atoms with van der Waals surface area (Å²) >= 11 is 0. The molecule has 1 saturated heterocycles. The van der Waals surface area contributed by atoms with Gasteiger partial charge in [-0.1, -0.05) is 97.1 Å². The van der Waals surface area contributed by atoms with Crippen molar-refractivity contribution >= 4 is 28.1 Å². The van der Waals surface area contributed by atoms with Crippen LogP contribution in [-0.2, 0) is 0 Å². The monoisotopic (exact) mass is 420 g/mol. The molecule has 0 aliphatic carbocycles. The molecule has 0 spiro atoms. The van der Waals surface area contributed by atoms with E-state index in [0.29, 0.717) is 0 Å². The maximum absolute atomic E-state index is 10.7. The van der Waals surface area contributed by atoms with Crippen molar-refractivity contribution in [2.24, 2.45) is 0 Å². The molecule has 0 amide bonds. The van der Waals surface area contributed by atoms with E-state index in [-0.39, 0.29) is 0 Å². The molecule has 0 unspecified atom stereocenters. The third kappa shape index (κ3) is 3.27. The first-order chi connectivity index (χ1) is 15.4. The Labute approximate surface area is 184 Å². The molecule has 0 bridgehead atoms. The summed E-state index contributed by atoms with van der Waals surface area (Å²) in [6.45, 7) is -0.293. The molecule has 2 heterocycles. The Morgan fingerprint density at radius 1 is 0.677 bits per heavy atom. The second-order valence-electron chi connectivity index (χ2n) is 7.97. The lowest BCUT2D eigenvalue weighted by molar-refractivity contribution is 0.449. The van der Waals surface area contributed by atoms with Crippen LogP contribution in [0.1, 0.15) is 18.4 Å². The SMILES string of the molecule is N#CC1=P(c2ccccc2)(c2ccccc2)C(c2ccccc2)=CC=C1N1CCCC1. The number of nitriles is 1. The summed E-state index contributed by atoms with van der Waals surface area (Å²) in [5, 5.41) is 15.3. The van der Waals surface area contributed by atoms with Gasteiger partial charge in [-0.15, -0.1) is 0 Å². The normalized spacial score (nSPS) is 17.6. The number of likely N-dealkylation sites (tertiary alicyclic amines) is 1. The van der Waals surface area contributed by atoms with Crippen LogP contribution < -0.4 is 10.6 Å². The topological polar surface area (TPSA) is 27.0 Å². The van der Waals surface area contributed by atoms with Crippen LogP contribution in [0.25, 0.3) is 5.31 Å². The Bertz CT molecular complexity index is 1180. The lowest BCUT2D eigenvalue weighted by Crippen LogP contribution is -2.31. The van der Waals surface area contributed by atoms with E-state index in [4.69, 9.17) is 0 Å². The van der Waals surface area contributed by atoms with Crippen molar-refractivity contribution in [3.8, 4) is 6.07 Å².